The van der Waals surface area contributed by atoms with E-state index in [1.807, 2.05) is 18.2 Å². The van der Waals surface area contributed by atoms with Crippen molar-refractivity contribution in [1.29, 1.82) is 5.41 Å². The number of amides is 2. The molecule has 0 bridgehead atoms. The summed E-state index contributed by atoms with van der Waals surface area (Å²) in [6, 6.07) is 21.3. The first-order valence-electron chi connectivity index (χ1n) is 16.8. The Morgan fingerprint density at radius 2 is 1.30 bits per heavy atom. The molecule has 14 heteroatoms. The Morgan fingerprint density at radius 1 is 0.700 bits per heavy atom. The van der Waals surface area contributed by atoms with Gasteiger partial charge in [-0.3, -0.25) is 9.59 Å². The minimum atomic E-state index is -0.137. The molecule has 0 atom stereocenters. The zero-order chi connectivity index (χ0) is 35.4. The zero-order valence-corrected chi connectivity index (χ0v) is 28.3. The van der Waals surface area contributed by atoms with E-state index in [0.717, 1.165) is 25.7 Å². The third-order valence-electron chi connectivity index (χ3n) is 7.32. The molecule has 264 valence electrons. The van der Waals surface area contributed by atoms with E-state index in [4.69, 9.17) is 20.6 Å². The Labute approximate surface area is 292 Å². The summed E-state index contributed by atoms with van der Waals surface area (Å²) in [5, 5.41) is 22.9. The second-order valence-electron chi connectivity index (χ2n) is 11.2. The fraction of sp³-hybridized carbons (Fsp3) is 0.333. The molecule has 50 heavy (non-hydrogen) atoms. The van der Waals surface area contributed by atoms with Crippen LogP contribution in [0.5, 0.6) is 0 Å². The maximum Gasteiger partial charge on any atom is 0.251 e. The van der Waals surface area contributed by atoms with E-state index in [2.05, 4.69) is 48.5 Å². The number of nitrogens with two attached hydrogens (primary N) is 1. The van der Waals surface area contributed by atoms with Gasteiger partial charge in [0.2, 0.25) is 17.8 Å². The lowest BCUT2D eigenvalue weighted by atomic mass is 10.2. The highest BCUT2D eigenvalue weighted by Crippen LogP contribution is 2.22. The number of nitrogens with one attached hydrogen (secondary N) is 6. The van der Waals surface area contributed by atoms with Crippen LogP contribution in [-0.4, -0.2) is 79.0 Å². The largest absolute Gasteiger partial charge is 0.398 e. The van der Waals surface area contributed by atoms with Gasteiger partial charge in [-0.2, -0.15) is 15.0 Å². The molecule has 4 aromatic rings. The fourth-order valence-corrected chi connectivity index (χ4v) is 4.65. The third-order valence-corrected chi connectivity index (χ3v) is 7.32. The van der Waals surface area contributed by atoms with E-state index in [0.29, 0.717) is 85.8 Å². The number of anilines is 6. The second-order valence-corrected chi connectivity index (χ2v) is 11.2. The molecule has 1 aromatic heterocycles. The van der Waals surface area contributed by atoms with E-state index in [9.17, 15) is 9.59 Å². The molecule has 4 rings (SSSR count). The number of benzene rings is 3. The average molecular weight is 683 g/mol. The van der Waals surface area contributed by atoms with Gasteiger partial charge in [-0.1, -0.05) is 44.4 Å². The van der Waals surface area contributed by atoms with Crippen molar-refractivity contribution < 1.29 is 19.1 Å². The Kier molecular flexibility index (Phi) is 15.4. The molecule has 0 saturated heterocycles. The van der Waals surface area contributed by atoms with Gasteiger partial charge in [-0.15, -0.1) is 0 Å². The van der Waals surface area contributed by atoms with Crippen LogP contribution in [0.3, 0.4) is 0 Å². The quantitative estimate of drug-likeness (QED) is 0.0329. The van der Waals surface area contributed by atoms with Gasteiger partial charge in [-0.25, -0.2) is 0 Å². The predicted molar refractivity (Wildman–Crippen MR) is 197 cm³/mol. The van der Waals surface area contributed by atoms with Gasteiger partial charge in [0.05, 0.1) is 26.4 Å². The molecule has 0 saturated carbocycles. The van der Waals surface area contributed by atoms with Crippen molar-refractivity contribution in [3.63, 3.8) is 0 Å². The lowest BCUT2D eigenvalue weighted by molar-refractivity contribution is 0.0519. The molecule has 1 heterocycles. The van der Waals surface area contributed by atoms with Crippen LogP contribution in [-0.2, 0) is 9.47 Å². The van der Waals surface area contributed by atoms with Crippen molar-refractivity contribution in [2.45, 2.75) is 32.6 Å². The van der Waals surface area contributed by atoms with Crippen LogP contribution in [0.2, 0.25) is 0 Å². The Morgan fingerprint density at radius 3 is 1.98 bits per heavy atom. The number of hydrogen-bond donors (Lipinski definition) is 7. The van der Waals surface area contributed by atoms with Crippen molar-refractivity contribution >= 4 is 52.9 Å². The molecule has 2 amide bonds. The highest BCUT2D eigenvalue weighted by molar-refractivity contribution is 5.95. The number of carbonyl (C=O) groups is 2. The van der Waals surface area contributed by atoms with E-state index < -0.39 is 0 Å². The maximum absolute atomic E-state index is 12.5. The van der Waals surface area contributed by atoms with Crippen molar-refractivity contribution in [2.75, 3.05) is 67.7 Å². The number of aromatic nitrogens is 3. The summed E-state index contributed by atoms with van der Waals surface area (Å²) in [6.07, 6.45) is 5.55. The zero-order valence-electron chi connectivity index (χ0n) is 28.3. The predicted octanol–water partition coefficient (Wildman–Crippen LogP) is 5.12. The molecule has 14 nitrogen and oxygen atoms in total. The van der Waals surface area contributed by atoms with Crippen LogP contribution in [0.1, 0.15) is 58.9 Å². The molecule has 0 spiro atoms. The highest BCUT2D eigenvalue weighted by atomic mass is 16.5. The average Bonchev–Trinajstić information content (AvgIpc) is 3.13. The molecule has 8 N–H and O–H groups in total. The summed E-state index contributed by atoms with van der Waals surface area (Å²) in [4.78, 5) is 38.1. The van der Waals surface area contributed by atoms with Gasteiger partial charge in [0, 0.05) is 59.6 Å². The summed E-state index contributed by atoms with van der Waals surface area (Å²) in [7, 11) is 0. The van der Waals surface area contributed by atoms with Gasteiger partial charge in [-0.05, 0) is 61.0 Å². The number of nitrogen functional groups attached to an aromatic ring is 1. The number of unbranched alkanes of at least 4 members (excludes halogenated alkanes) is 3. The lowest BCUT2D eigenvalue weighted by Gasteiger charge is -2.13. The lowest BCUT2D eigenvalue weighted by Crippen LogP contribution is -2.27. The summed E-state index contributed by atoms with van der Waals surface area (Å²) >= 11 is 0. The van der Waals surface area contributed by atoms with E-state index in [1.165, 1.54) is 6.21 Å². The van der Waals surface area contributed by atoms with Crippen LogP contribution in [0, 0.1) is 5.41 Å². The van der Waals surface area contributed by atoms with Gasteiger partial charge in [0.15, 0.2) is 0 Å². The number of hydrogen-bond acceptors (Lipinski definition) is 12. The molecule has 0 aliphatic rings. The first-order chi connectivity index (χ1) is 24.4. The number of rotatable bonds is 22. The van der Waals surface area contributed by atoms with Gasteiger partial charge >= 0.3 is 0 Å². The van der Waals surface area contributed by atoms with E-state index in [1.54, 1.807) is 54.6 Å². The molecule has 0 unspecified atom stereocenters. The van der Waals surface area contributed by atoms with Crippen molar-refractivity contribution in [3.05, 3.63) is 89.5 Å². The topological polar surface area (TPSA) is 201 Å². The van der Waals surface area contributed by atoms with E-state index >= 15 is 0 Å². The normalized spacial score (nSPS) is 10.7. The van der Waals surface area contributed by atoms with Crippen LogP contribution in [0.15, 0.2) is 72.8 Å². The maximum atomic E-state index is 12.5. The Bertz CT molecular complexity index is 1650. The molecule has 3 aromatic carbocycles. The van der Waals surface area contributed by atoms with E-state index in [-0.39, 0.29) is 23.7 Å². The standard InChI is InChI=1S/C36H46N10O4/c1-2-3-4-8-17-39-33(48)27-11-13-29(14-12-27)42-35-44-34(45-36(46-35)43-30-15-16-31(38)28(24-30)25-37)41-19-21-50-23-22-49-20-18-40-32(47)26-9-6-5-7-10-26/h5-7,9-16,24-25,37H,2-4,8,17-23,38H2,1H3,(H,39,48)(H,40,47)(H3,41,42,43,44,45,46). The van der Waals surface area contributed by atoms with Gasteiger partial charge in [0.25, 0.3) is 11.8 Å². The van der Waals surface area contributed by atoms with Crippen LogP contribution in [0.25, 0.3) is 0 Å². The number of carbonyl (C=O) groups excluding carboxylic acids is 2. The smallest absolute Gasteiger partial charge is 0.251 e. The molecule has 0 radical (unpaired) electrons. The van der Waals surface area contributed by atoms with Crippen molar-refractivity contribution in [1.82, 2.24) is 25.6 Å². The monoisotopic (exact) mass is 682 g/mol. The fourth-order valence-electron chi connectivity index (χ4n) is 4.65. The van der Waals surface area contributed by atoms with Gasteiger partial charge < -0.3 is 47.2 Å². The number of nitrogens with zero attached hydrogens (tertiary/aromatic N) is 3. The van der Waals surface area contributed by atoms with Crippen molar-refractivity contribution in [3.8, 4) is 0 Å². The highest BCUT2D eigenvalue weighted by Gasteiger charge is 2.10. The van der Waals surface area contributed by atoms with Crippen LogP contribution >= 0.6 is 0 Å². The molecule has 0 aliphatic carbocycles. The first kappa shape index (κ1) is 37.2. The van der Waals surface area contributed by atoms with Crippen molar-refractivity contribution in [2.24, 2.45) is 0 Å². The Balaban J connectivity index is 1.27. The van der Waals surface area contributed by atoms with Gasteiger partial charge in [0.1, 0.15) is 0 Å². The molecular weight excluding hydrogens is 636 g/mol. The summed E-state index contributed by atoms with van der Waals surface area (Å²) in [5.74, 6) is 0.593. The second kappa shape index (κ2) is 20.7. The minimum Gasteiger partial charge on any atom is -0.398 e. The molecule has 0 aliphatic heterocycles. The minimum absolute atomic E-state index is 0.111. The molecular formula is C36H46N10O4. The molecule has 0 fully saturated rings. The Hall–Kier alpha value is -5.60. The number of ether oxygens (including phenoxy) is 2. The van der Waals surface area contributed by atoms with Crippen LogP contribution < -0.4 is 32.3 Å². The van der Waals surface area contributed by atoms with Crippen LogP contribution in [0.4, 0.5) is 34.9 Å². The summed E-state index contributed by atoms with van der Waals surface area (Å²) < 4.78 is 11.2. The summed E-state index contributed by atoms with van der Waals surface area (Å²) in [6.45, 7) is 5.13. The third kappa shape index (κ3) is 12.8. The first-order valence-corrected chi connectivity index (χ1v) is 16.8. The summed E-state index contributed by atoms with van der Waals surface area (Å²) in [5.41, 5.74) is 9.51. The SMILES string of the molecule is CCCCCCNC(=O)c1ccc(Nc2nc(NCCOCCOCCNC(=O)c3ccccc3)nc(Nc3ccc(N)c(C=N)c3)n2)cc1.